The molecule has 0 spiro atoms. The second-order valence-electron chi connectivity index (χ2n) is 25.3. The van der Waals surface area contributed by atoms with Crippen LogP contribution in [0.1, 0.15) is 68.1 Å². The summed E-state index contributed by atoms with van der Waals surface area (Å²) in [5.41, 5.74) is 10.3. The number of ether oxygens (including phenoxy) is 2. The van der Waals surface area contributed by atoms with Crippen molar-refractivity contribution in [1.29, 1.82) is 0 Å². The summed E-state index contributed by atoms with van der Waals surface area (Å²) in [6.07, 6.45) is 11.3. The van der Waals surface area contributed by atoms with Gasteiger partial charge in [-0.1, -0.05) is 66.2 Å². The molecular formula is C73H85KN10O9S. The van der Waals surface area contributed by atoms with Crippen molar-refractivity contribution in [3.63, 3.8) is 0 Å². The summed E-state index contributed by atoms with van der Waals surface area (Å²) in [4.78, 5) is 66.3. The molecule has 9 aromatic rings. The number of aromatic nitrogens is 4. The summed E-state index contributed by atoms with van der Waals surface area (Å²) in [7, 11) is 3.22. The Bertz CT molecular complexity index is 4330. The third-order valence-corrected chi connectivity index (χ3v) is 21.2. The molecule has 4 aliphatic rings. The van der Waals surface area contributed by atoms with E-state index in [-0.39, 0.29) is 102 Å². The summed E-state index contributed by atoms with van der Waals surface area (Å²) >= 11 is 0. The first-order valence-corrected chi connectivity index (χ1v) is 33.7. The molecule has 94 heavy (non-hydrogen) atoms. The van der Waals surface area contributed by atoms with Crippen LogP contribution in [0.3, 0.4) is 0 Å². The predicted octanol–water partition coefficient (Wildman–Crippen LogP) is 6.76. The number of benzene rings is 5. The Morgan fingerprint density at radius 2 is 0.947 bits per heavy atom. The van der Waals surface area contributed by atoms with Crippen molar-refractivity contribution in [2.45, 2.75) is 75.3 Å². The Labute approximate surface area is 593 Å². The molecule has 2 atom stereocenters. The fraction of sp³-hybridized carbons (Fsp3) is 0.370. The van der Waals surface area contributed by atoms with Crippen molar-refractivity contribution in [1.82, 2.24) is 37.7 Å². The molecule has 4 saturated heterocycles. The summed E-state index contributed by atoms with van der Waals surface area (Å²) in [5.74, 6) is 3.11. The molecule has 0 bridgehead atoms. The number of carbonyl (C=O) groups is 2. The number of anilines is 2. The van der Waals surface area contributed by atoms with Gasteiger partial charge in [0.25, 0.3) is 21.1 Å². The molecule has 488 valence electrons. The molecule has 0 aliphatic carbocycles. The zero-order chi connectivity index (χ0) is 64.4. The molecule has 8 heterocycles. The molecule has 0 radical (unpaired) electrons. The molecule has 2 N–H and O–H groups in total. The van der Waals surface area contributed by atoms with Crippen LogP contribution in [0.15, 0.2) is 173 Å². The van der Waals surface area contributed by atoms with Crippen LogP contribution in [-0.4, -0.2) is 168 Å². The Balaban J connectivity index is 0.000000205. The van der Waals surface area contributed by atoms with Gasteiger partial charge in [0, 0.05) is 152 Å². The third-order valence-electron chi connectivity index (χ3n) is 19.5. The van der Waals surface area contributed by atoms with E-state index in [1.165, 1.54) is 27.6 Å². The van der Waals surface area contributed by atoms with Gasteiger partial charge in [-0.3, -0.25) is 29.0 Å². The number of pyridine rings is 2. The van der Waals surface area contributed by atoms with Crippen LogP contribution in [0.2, 0.25) is 0 Å². The van der Waals surface area contributed by atoms with E-state index >= 15 is 0 Å². The van der Waals surface area contributed by atoms with Crippen molar-refractivity contribution in [2.75, 3.05) is 103 Å². The Kier molecular flexibility index (Phi) is 22.3. The minimum Gasteiger partial charge on any atom is -0.870 e. The van der Waals surface area contributed by atoms with Gasteiger partial charge in [-0.15, -0.1) is 0 Å². The zero-order valence-corrected chi connectivity index (χ0v) is 59.2. The number of nitrogens with zero attached hydrogens (tertiary/aromatic N) is 9. The van der Waals surface area contributed by atoms with Crippen molar-refractivity contribution in [3.05, 3.63) is 196 Å². The first-order valence-electron chi connectivity index (χ1n) is 32.2. The molecule has 5 aromatic carbocycles. The second-order valence-corrected chi connectivity index (χ2v) is 27.1. The smallest absolute Gasteiger partial charge is 0.870 e. The normalized spacial score (nSPS) is 17.8. The average molecular weight is 1320 g/mol. The molecule has 13 rings (SSSR count). The van der Waals surface area contributed by atoms with Crippen LogP contribution in [0.5, 0.6) is 11.5 Å². The van der Waals surface area contributed by atoms with E-state index in [0.717, 1.165) is 145 Å². The third kappa shape index (κ3) is 14.9. The zero-order valence-electron chi connectivity index (χ0n) is 55.3. The number of rotatable bonds is 16. The molecule has 4 aromatic heterocycles. The van der Waals surface area contributed by atoms with Crippen molar-refractivity contribution in [2.24, 2.45) is 14.1 Å². The number of aromatic amines is 1. The molecular weight excluding hydrogens is 1230 g/mol. The van der Waals surface area contributed by atoms with Crippen LogP contribution >= 0.6 is 0 Å². The number of aryl methyl sites for hydroxylation is 3. The second kappa shape index (κ2) is 30.2. The van der Waals surface area contributed by atoms with Crippen LogP contribution in [0.25, 0.3) is 44.1 Å². The number of likely N-dealkylation sites (N-methyl/N-ethyl adjacent to an activating group) is 2. The number of H-pyrrole nitrogens is 1. The van der Waals surface area contributed by atoms with Gasteiger partial charge < -0.3 is 48.7 Å². The molecule has 21 heteroatoms. The van der Waals surface area contributed by atoms with E-state index in [4.69, 9.17) is 9.47 Å². The fourth-order valence-electron chi connectivity index (χ4n) is 13.7. The SMILES string of the molecule is C[C@@H]1C(=O)N(C)CCN1CCOc1ccc(C2CCN(c3ccc(-c4cn(C)c(=O)c5[nH]ccc45)cc3)CC2)cc1.Cc1ccc(S(=O)(=O)n2ccc3c(-c4ccc(N5CCC(c6ccc(OCCN7CCN(C)C(=O)[C@H]7C)cc6)CC5)cc4)cn(C)c(=O)c32)cc1.[K+].[OH-]. The van der Waals surface area contributed by atoms with Crippen LogP contribution in [-0.2, 0) is 33.7 Å². The van der Waals surface area contributed by atoms with Gasteiger partial charge in [0.1, 0.15) is 35.7 Å². The summed E-state index contributed by atoms with van der Waals surface area (Å²) in [5, 5.41) is 1.55. The monoisotopic (exact) mass is 1320 g/mol. The van der Waals surface area contributed by atoms with Crippen molar-refractivity contribution in [3.8, 4) is 33.8 Å². The van der Waals surface area contributed by atoms with Gasteiger partial charge in [-0.25, -0.2) is 12.4 Å². The summed E-state index contributed by atoms with van der Waals surface area (Å²) in [6, 6.07) is 44.2. The molecule has 4 aliphatic heterocycles. The molecule has 19 nitrogen and oxygen atoms in total. The Morgan fingerprint density at radius 3 is 1.40 bits per heavy atom. The molecule has 2 amide bonds. The van der Waals surface area contributed by atoms with Gasteiger partial charge in [0.15, 0.2) is 0 Å². The Hall–Kier alpha value is -7.31. The minimum atomic E-state index is -3.96. The van der Waals surface area contributed by atoms with Crippen LogP contribution in [0, 0.1) is 6.92 Å². The molecule has 4 fully saturated rings. The Morgan fingerprint density at radius 1 is 0.511 bits per heavy atom. The van der Waals surface area contributed by atoms with Gasteiger partial charge in [-0.2, -0.15) is 0 Å². The first kappa shape index (κ1) is 69.5. The van der Waals surface area contributed by atoms with E-state index < -0.39 is 10.0 Å². The van der Waals surface area contributed by atoms with E-state index in [2.05, 4.69) is 110 Å². The number of piperidine rings is 2. The number of piperazine rings is 2. The van der Waals surface area contributed by atoms with E-state index in [9.17, 15) is 27.6 Å². The maximum atomic E-state index is 13.6. The van der Waals surface area contributed by atoms with Crippen LogP contribution in [0.4, 0.5) is 11.4 Å². The van der Waals surface area contributed by atoms with Gasteiger partial charge in [0.2, 0.25) is 11.8 Å². The van der Waals surface area contributed by atoms with Crippen molar-refractivity contribution >= 4 is 55.0 Å². The van der Waals surface area contributed by atoms with E-state index in [1.54, 1.807) is 65.0 Å². The van der Waals surface area contributed by atoms with Crippen molar-refractivity contribution < 1.29 is 84.3 Å². The number of hydrogen-bond donors (Lipinski definition) is 1. The number of fused-ring (bicyclic) bond motifs is 2. The maximum Gasteiger partial charge on any atom is 1.00 e. The maximum absolute atomic E-state index is 13.6. The minimum absolute atomic E-state index is 0. The quantitative estimate of drug-likeness (QED) is 0.0996. The molecule has 0 saturated carbocycles. The largest absolute Gasteiger partial charge is 1.00 e. The fourth-order valence-corrected chi connectivity index (χ4v) is 15.0. The summed E-state index contributed by atoms with van der Waals surface area (Å²) < 4.78 is 43.4. The number of carbonyl (C=O) groups excluding carboxylic acids is 2. The van der Waals surface area contributed by atoms with Gasteiger partial charge in [0.05, 0.1) is 17.0 Å². The van der Waals surface area contributed by atoms with Crippen LogP contribution < -0.4 is 81.8 Å². The van der Waals surface area contributed by atoms with E-state index in [0.29, 0.717) is 36.0 Å². The first-order chi connectivity index (χ1) is 44.4. The number of hydrogen-bond acceptors (Lipinski definition) is 13. The standard InChI is InChI=1S/C40H45N5O5S.C33H39N5O3.K.H2O/c1-28-5-15-35(16-6-28)51(48,49)45-22-19-36-37(27-42(4)40(47)38(36)45)32-7-11-33(12-8-32)44-20-17-31(18-21-44)30-9-13-34(14-10-30)50-26-25-43-24-23-41(3)39(46)29(43)2;1-23-32(39)35(2)18-19-37(23)20-21-41-28-10-6-24(7-11-28)25-13-16-38(17-14-25)27-8-4-26(5-9-27)30-22-36(3)33(40)31-29(30)12-15-34-31;;/h5-16,19,22,27,29,31H,17-18,20-21,23-26H2,1-4H3;4-12,15,22-23,25,34H,13-14,16-21H2,1-3H3;;1H2/q;;+1;/p-1/t29-;23-;;/m11../s1. The van der Waals surface area contributed by atoms with E-state index in [1.807, 2.05) is 65.5 Å². The van der Waals surface area contributed by atoms with Gasteiger partial charge >= 0.3 is 51.4 Å². The topological polar surface area (TPSA) is 201 Å². The van der Waals surface area contributed by atoms with Gasteiger partial charge in [-0.05, 0) is 153 Å². The predicted molar refractivity (Wildman–Crippen MR) is 367 cm³/mol. The summed E-state index contributed by atoms with van der Waals surface area (Å²) in [6.45, 7) is 15.6. The molecule has 0 unspecified atom stereocenters. The number of amides is 2. The average Bonchev–Trinajstić information content (AvgIpc) is 1.54. The number of nitrogens with one attached hydrogen (secondary N) is 1.